The summed E-state index contributed by atoms with van der Waals surface area (Å²) in [5, 5.41) is 11.4. The first kappa shape index (κ1) is 19.8. The molecule has 2 aromatic carbocycles. The number of ether oxygens (including phenoxy) is 2. The molecule has 0 aliphatic heterocycles. The highest BCUT2D eigenvalue weighted by atomic mass is 32.1. The highest BCUT2D eigenvalue weighted by molar-refractivity contribution is 7.71. The van der Waals surface area contributed by atoms with Gasteiger partial charge in [0.2, 0.25) is 4.77 Å². The predicted molar refractivity (Wildman–Crippen MR) is 108 cm³/mol. The van der Waals surface area contributed by atoms with E-state index in [1.165, 1.54) is 6.07 Å². The van der Waals surface area contributed by atoms with Crippen molar-refractivity contribution in [2.75, 3.05) is 7.11 Å². The molecule has 0 fully saturated rings. The third-order valence-electron chi connectivity index (χ3n) is 4.06. The minimum atomic E-state index is -0.318. The van der Waals surface area contributed by atoms with E-state index >= 15 is 0 Å². The average molecular weight is 400 g/mol. The van der Waals surface area contributed by atoms with Gasteiger partial charge >= 0.3 is 0 Å². The van der Waals surface area contributed by atoms with E-state index in [1.807, 2.05) is 12.1 Å². The zero-order valence-corrected chi connectivity index (χ0v) is 16.5. The van der Waals surface area contributed by atoms with E-state index in [-0.39, 0.29) is 12.4 Å². The molecule has 1 N–H and O–H groups in total. The summed E-state index contributed by atoms with van der Waals surface area (Å²) in [5.74, 6) is 1.44. The van der Waals surface area contributed by atoms with E-state index in [2.05, 4.69) is 22.2 Å². The van der Waals surface area contributed by atoms with Crippen LogP contribution in [0.3, 0.4) is 0 Å². The second kappa shape index (κ2) is 9.27. The van der Waals surface area contributed by atoms with Gasteiger partial charge in [0, 0.05) is 17.5 Å². The maximum absolute atomic E-state index is 13.9. The molecule has 6 nitrogen and oxygen atoms in total. The molecule has 0 radical (unpaired) electrons. The summed E-state index contributed by atoms with van der Waals surface area (Å²) < 4.78 is 27.2. The summed E-state index contributed by atoms with van der Waals surface area (Å²) in [6.45, 7) is 2.13. The molecule has 8 heteroatoms. The Morgan fingerprint density at radius 1 is 1.25 bits per heavy atom. The Balaban J connectivity index is 1.90. The molecule has 0 unspecified atom stereocenters. The van der Waals surface area contributed by atoms with Gasteiger partial charge in [0.15, 0.2) is 17.3 Å². The summed E-state index contributed by atoms with van der Waals surface area (Å²) in [4.78, 5) is 0. The highest BCUT2D eigenvalue weighted by Gasteiger charge is 2.12. The lowest BCUT2D eigenvalue weighted by Crippen LogP contribution is -2.03. The number of hydrogen-bond donors (Lipinski definition) is 1. The number of H-pyrrole nitrogens is 1. The number of hydrogen-bond acceptors (Lipinski definition) is 5. The van der Waals surface area contributed by atoms with Gasteiger partial charge in [-0.1, -0.05) is 31.2 Å². The van der Waals surface area contributed by atoms with Crippen molar-refractivity contribution in [2.45, 2.75) is 26.4 Å². The predicted octanol–water partition coefficient (Wildman–Crippen LogP) is 4.50. The van der Waals surface area contributed by atoms with Gasteiger partial charge in [-0.3, -0.25) is 5.10 Å². The van der Waals surface area contributed by atoms with Crippen molar-refractivity contribution in [3.8, 4) is 11.5 Å². The van der Waals surface area contributed by atoms with Crippen molar-refractivity contribution < 1.29 is 13.9 Å². The molecular weight excluding hydrogens is 379 g/mol. The molecule has 3 rings (SSSR count). The van der Waals surface area contributed by atoms with Crippen LogP contribution in [-0.2, 0) is 13.0 Å². The normalized spacial score (nSPS) is 11.1. The fourth-order valence-corrected chi connectivity index (χ4v) is 2.86. The second-order valence-electron chi connectivity index (χ2n) is 6.01. The zero-order chi connectivity index (χ0) is 19.9. The highest BCUT2D eigenvalue weighted by Crippen LogP contribution is 2.31. The number of rotatable bonds is 8. The van der Waals surface area contributed by atoms with Crippen LogP contribution in [0, 0.1) is 10.6 Å². The lowest BCUT2D eigenvalue weighted by molar-refractivity contribution is 0.279. The van der Waals surface area contributed by atoms with Crippen LogP contribution in [0.15, 0.2) is 47.6 Å². The Morgan fingerprint density at radius 2 is 2.07 bits per heavy atom. The van der Waals surface area contributed by atoms with Crippen molar-refractivity contribution >= 4 is 18.4 Å². The van der Waals surface area contributed by atoms with Gasteiger partial charge in [0.1, 0.15) is 12.4 Å². The second-order valence-corrected chi connectivity index (χ2v) is 6.40. The molecule has 1 aromatic heterocycles. The fourth-order valence-electron chi connectivity index (χ4n) is 2.66. The Kier molecular flexibility index (Phi) is 6.54. The number of aromatic nitrogens is 3. The Labute approximate surface area is 167 Å². The number of methoxy groups -OCH3 is 1. The van der Waals surface area contributed by atoms with Crippen molar-refractivity contribution in [3.05, 3.63) is 70.0 Å². The molecule has 1 heterocycles. The van der Waals surface area contributed by atoms with Crippen LogP contribution in [-0.4, -0.2) is 28.2 Å². The van der Waals surface area contributed by atoms with Crippen molar-refractivity contribution in [1.29, 1.82) is 0 Å². The first-order valence-corrected chi connectivity index (χ1v) is 9.28. The van der Waals surface area contributed by atoms with Crippen LogP contribution in [0.4, 0.5) is 4.39 Å². The lowest BCUT2D eigenvalue weighted by atomic mass is 10.2. The van der Waals surface area contributed by atoms with Crippen molar-refractivity contribution in [3.63, 3.8) is 0 Å². The van der Waals surface area contributed by atoms with Crippen LogP contribution in [0.1, 0.15) is 30.3 Å². The van der Waals surface area contributed by atoms with Crippen molar-refractivity contribution in [2.24, 2.45) is 5.10 Å². The van der Waals surface area contributed by atoms with Crippen LogP contribution in [0.2, 0.25) is 0 Å². The Bertz CT molecular complexity index is 1030. The standard InChI is InChI=1S/C20H21FN4O2S/c1-3-7-18-23-24-20(28)25(18)22-12-14-9-6-11-17(26-2)19(14)27-13-15-8-4-5-10-16(15)21/h4-6,8-12H,3,7,13H2,1-2H3,(H,24,28)/b22-12+. The van der Waals surface area contributed by atoms with E-state index in [1.54, 1.807) is 42.3 Å². The van der Waals surface area contributed by atoms with Crippen LogP contribution >= 0.6 is 12.2 Å². The molecule has 3 aromatic rings. The molecule has 0 aliphatic rings. The zero-order valence-electron chi connectivity index (χ0n) is 15.7. The molecule has 0 bridgehead atoms. The molecule has 0 amide bonds. The molecule has 0 spiro atoms. The van der Waals surface area contributed by atoms with Crippen LogP contribution in [0.25, 0.3) is 0 Å². The van der Waals surface area contributed by atoms with Gasteiger partial charge in [0.05, 0.1) is 13.3 Å². The number of nitrogens with zero attached hydrogens (tertiary/aromatic N) is 3. The van der Waals surface area contributed by atoms with Gasteiger partial charge < -0.3 is 9.47 Å². The third-order valence-corrected chi connectivity index (χ3v) is 4.33. The van der Waals surface area contributed by atoms with Gasteiger partial charge in [-0.15, -0.1) is 0 Å². The monoisotopic (exact) mass is 400 g/mol. The third kappa shape index (κ3) is 4.45. The molecule has 0 aliphatic carbocycles. The summed E-state index contributed by atoms with van der Waals surface area (Å²) in [5.41, 5.74) is 1.14. The summed E-state index contributed by atoms with van der Waals surface area (Å²) in [7, 11) is 1.55. The van der Waals surface area contributed by atoms with Crippen LogP contribution in [0.5, 0.6) is 11.5 Å². The number of benzene rings is 2. The number of aryl methyl sites for hydroxylation is 1. The maximum atomic E-state index is 13.9. The summed E-state index contributed by atoms with van der Waals surface area (Å²) in [6.07, 6.45) is 3.30. The molecule has 0 atom stereocenters. The molecular formula is C20H21FN4O2S. The van der Waals surface area contributed by atoms with Gasteiger partial charge in [0.25, 0.3) is 0 Å². The average Bonchev–Trinajstić information content (AvgIpc) is 3.05. The Morgan fingerprint density at radius 3 is 2.82 bits per heavy atom. The van der Waals surface area contributed by atoms with Gasteiger partial charge in [-0.2, -0.15) is 14.9 Å². The van der Waals surface area contributed by atoms with E-state index < -0.39 is 0 Å². The smallest absolute Gasteiger partial charge is 0.216 e. The number of aromatic amines is 1. The van der Waals surface area contributed by atoms with Crippen LogP contribution < -0.4 is 9.47 Å². The topological polar surface area (TPSA) is 64.4 Å². The Hall–Kier alpha value is -3.00. The largest absolute Gasteiger partial charge is 0.493 e. The number of para-hydroxylation sites is 1. The number of nitrogens with one attached hydrogen (secondary N) is 1. The summed E-state index contributed by atoms with van der Waals surface area (Å²) in [6, 6.07) is 11.9. The minimum Gasteiger partial charge on any atom is -0.493 e. The molecule has 28 heavy (non-hydrogen) atoms. The first-order chi connectivity index (χ1) is 13.6. The lowest BCUT2D eigenvalue weighted by Gasteiger charge is -2.13. The summed E-state index contributed by atoms with van der Waals surface area (Å²) >= 11 is 5.25. The van der Waals surface area contributed by atoms with E-state index in [9.17, 15) is 4.39 Å². The maximum Gasteiger partial charge on any atom is 0.216 e. The fraction of sp³-hybridized carbons (Fsp3) is 0.250. The molecule has 146 valence electrons. The van der Waals surface area contributed by atoms with E-state index in [4.69, 9.17) is 21.7 Å². The van der Waals surface area contributed by atoms with E-state index in [0.717, 1.165) is 18.7 Å². The molecule has 0 saturated carbocycles. The van der Waals surface area contributed by atoms with Gasteiger partial charge in [-0.05, 0) is 36.8 Å². The van der Waals surface area contributed by atoms with Gasteiger partial charge in [-0.25, -0.2) is 4.39 Å². The number of halogens is 1. The SMILES string of the molecule is CCCc1n[nH]c(=S)n1/N=C/c1cccc(OC)c1OCc1ccccc1F. The minimum absolute atomic E-state index is 0.0696. The molecule has 0 saturated heterocycles. The van der Waals surface area contributed by atoms with E-state index in [0.29, 0.717) is 27.4 Å². The van der Waals surface area contributed by atoms with Crippen molar-refractivity contribution in [1.82, 2.24) is 14.9 Å². The first-order valence-electron chi connectivity index (χ1n) is 8.88. The quantitative estimate of drug-likeness (QED) is 0.447.